The van der Waals surface area contributed by atoms with Crippen molar-refractivity contribution in [3.05, 3.63) is 72.6 Å². The first-order valence-electron chi connectivity index (χ1n) is 10.4. The van der Waals surface area contributed by atoms with Gasteiger partial charge in [0.05, 0.1) is 11.4 Å². The molecular weight excluding hydrogens is 454 g/mol. The van der Waals surface area contributed by atoms with E-state index in [4.69, 9.17) is 9.47 Å². The van der Waals surface area contributed by atoms with Gasteiger partial charge in [0.1, 0.15) is 0 Å². The Labute approximate surface area is 199 Å². The Balaban J connectivity index is 1.38. The van der Waals surface area contributed by atoms with E-state index in [0.29, 0.717) is 33.7 Å². The van der Waals surface area contributed by atoms with Crippen molar-refractivity contribution in [3.63, 3.8) is 0 Å². The maximum Gasteiger partial charge on any atom is 0.234 e. The Morgan fingerprint density at radius 2 is 1.85 bits per heavy atom. The van der Waals surface area contributed by atoms with Gasteiger partial charge in [0.25, 0.3) is 0 Å². The number of ketones is 1. The molecule has 0 atom stereocenters. The van der Waals surface area contributed by atoms with Crippen LogP contribution in [0.4, 0.5) is 5.69 Å². The van der Waals surface area contributed by atoms with Gasteiger partial charge >= 0.3 is 0 Å². The quantitative estimate of drug-likeness (QED) is 0.317. The van der Waals surface area contributed by atoms with Crippen molar-refractivity contribution in [2.75, 3.05) is 17.9 Å². The van der Waals surface area contributed by atoms with Gasteiger partial charge in [-0.25, -0.2) is 0 Å². The summed E-state index contributed by atoms with van der Waals surface area (Å²) in [6.45, 7) is 1.51. The number of hydrogen-bond acceptors (Lipinski definition) is 8. The van der Waals surface area contributed by atoms with Crippen LogP contribution in [-0.4, -0.2) is 44.0 Å². The van der Waals surface area contributed by atoms with Gasteiger partial charge in [-0.2, -0.15) is 0 Å². The van der Waals surface area contributed by atoms with Gasteiger partial charge in [-0.15, -0.1) is 10.2 Å². The van der Waals surface area contributed by atoms with E-state index in [1.807, 2.05) is 47.0 Å². The Kier molecular flexibility index (Phi) is 5.96. The van der Waals surface area contributed by atoms with E-state index in [1.54, 1.807) is 24.5 Å². The first-order chi connectivity index (χ1) is 16.6. The number of amides is 1. The molecule has 1 aliphatic rings. The number of hydrogen-bond donors (Lipinski definition) is 1. The summed E-state index contributed by atoms with van der Waals surface area (Å²) >= 11 is 1.24. The minimum absolute atomic E-state index is 0.0593. The number of para-hydroxylation sites is 1. The van der Waals surface area contributed by atoms with Gasteiger partial charge in [0.2, 0.25) is 12.7 Å². The summed E-state index contributed by atoms with van der Waals surface area (Å²) in [4.78, 5) is 29.1. The zero-order valence-corrected chi connectivity index (χ0v) is 18.9. The van der Waals surface area contributed by atoms with Crippen molar-refractivity contribution in [2.45, 2.75) is 12.1 Å². The normalized spacial score (nSPS) is 11.9. The summed E-state index contributed by atoms with van der Waals surface area (Å²) in [5.74, 6) is 1.17. The minimum atomic E-state index is -0.295. The van der Waals surface area contributed by atoms with E-state index in [9.17, 15) is 9.59 Å². The smallest absolute Gasteiger partial charge is 0.234 e. The van der Waals surface area contributed by atoms with E-state index < -0.39 is 0 Å². The van der Waals surface area contributed by atoms with E-state index in [-0.39, 0.29) is 24.2 Å². The number of aromatic nitrogens is 4. The summed E-state index contributed by atoms with van der Waals surface area (Å²) in [6.07, 6.45) is 3.41. The number of Topliss-reactive ketones (excluding diaryl/α,β-unsaturated/α-hetero) is 1. The highest BCUT2D eigenvalue weighted by Gasteiger charge is 2.21. The molecule has 10 heteroatoms. The highest BCUT2D eigenvalue weighted by atomic mass is 32.2. The lowest BCUT2D eigenvalue weighted by Crippen LogP contribution is -2.16. The molecule has 0 unspecified atom stereocenters. The number of carbonyl (C=O) groups excluding carboxylic acids is 2. The second-order valence-corrected chi connectivity index (χ2v) is 8.31. The summed E-state index contributed by atoms with van der Waals surface area (Å²) < 4.78 is 12.6. The van der Waals surface area contributed by atoms with Crippen molar-refractivity contribution >= 4 is 29.1 Å². The fourth-order valence-electron chi connectivity index (χ4n) is 3.51. The second kappa shape index (κ2) is 9.36. The number of rotatable bonds is 7. The fourth-order valence-corrected chi connectivity index (χ4v) is 4.26. The van der Waals surface area contributed by atoms with E-state index in [2.05, 4.69) is 20.5 Å². The van der Waals surface area contributed by atoms with Crippen molar-refractivity contribution < 1.29 is 19.1 Å². The second-order valence-electron chi connectivity index (χ2n) is 7.36. The molecule has 0 aliphatic carbocycles. The lowest BCUT2D eigenvalue weighted by atomic mass is 10.1. The van der Waals surface area contributed by atoms with Gasteiger partial charge in [0, 0.05) is 35.3 Å². The molecule has 2 aromatic heterocycles. The topological polar surface area (TPSA) is 108 Å². The first kappa shape index (κ1) is 21.7. The molecule has 4 aromatic rings. The van der Waals surface area contributed by atoms with Crippen LogP contribution in [-0.2, 0) is 4.79 Å². The molecule has 0 bridgehead atoms. The van der Waals surface area contributed by atoms with Crippen LogP contribution in [0.15, 0.2) is 72.1 Å². The molecule has 0 spiro atoms. The molecule has 1 N–H and O–H groups in total. The largest absolute Gasteiger partial charge is 0.454 e. The third-order valence-electron chi connectivity index (χ3n) is 5.07. The average Bonchev–Trinajstić information content (AvgIpc) is 3.50. The van der Waals surface area contributed by atoms with E-state index in [1.165, 1.54) is 18.7 Å². The Morgan fingerprint density at radius 1 is 1.06 bits per heavy atom. The monoisotopic (exact) mass is 473 g/mol. The van der Waals surface area contributed by atoms with Crippen LogP contribution in [0.1, 0.15) is 17.3 Å². The number of anilines is 1. The number of nitrogens with zero attached hydrogens (tertiary/aromatic N) is 4. The molecule has 34 heavy (non-hydrogen) atoms. The Morgan fingerprint density at radius 3 is 2.59 bits per heavy atom. The number of nitrogens with one attached hydrogen (secondary N) is 1. The van der Waals surface area contributed by atoms with Gasteiger partial charge in [-0.1, -0.05) is 30.0 Å². The zero-order chi connectivity index (χ0) is 23.5. The van der Waals surface area contributed by atoms with Crippen LogP contribution in [0.2, 0.25) is 0 Å². The van der Waals surface area contributed by atoms with Gasteiger partial charge in [-0.05, 0) is 37.3 Å². The minimum Gasteiger partial charge on any atom is -0.454 e. The zero-order valence-electron chi connectivity index (χ0n) is 18.1. The predicted octanol–water partition coefficient (Wildman–Crippen LogP) is 3.99. The molecule has 1 amide bonds. The van der Waals surface area contributed by atoms with Crippen LogP contribution in [0.3, 0.4) is 0 Å². The molecule has 0 saturated heterocycles. The number of pyridine rings is 1. The van der Waals surface area contributed by atoms with Gasteiger partial charge < -0.3 is 14.8 Å². The molecule has 2 aromatic carbocycles. The van der Waals surface area contributed by atoms with Crippen LogP contribution in [0.5, 0.6) is 11.5 Å². The number of ether oxygens (including phenoxy) is 2. The molecule has 0 fully saturated rings. The van der Waals surface area contributed by atoms with E-state index >= 15 is 0 Å². The van der Waals surface area contributed by atoms with Crippen molar-refractivity contribution in [1.29, 1.82) is 0 Å². The molecule has 9 nitrogen and oxygen atoms in total. The van der Waals surface area contributed by atoms with Gasteiger partial charge in [0.15, 0.2) is 28.3 Å². The van der Waals surface area contributed by atoms with Crippen LogP contribution in [0.25, 0.3) is 17.1 Å². The van der Waals surface area contributed by atoms with Gasteiger partial charge in [-0.3, -0.25) is 19.1 Å². The first-order valence-corrected chi connectivity index (χ1v) is 11.4. The van der Waals surface area contributed by atoms with Crippen molar-refractivity contribution in [1.82, 2.24) is 19.7 Å². The lowest BCUT2D eigenvalue weighted by Gasteiger charge is -2.12. The molecule has 5 rings (SSSR count). The molecule has 1 aliphatic heterocycles. The SMILES string of the molecule is CC(=O)c1cc2c(cc1NC(=O)CSc1nnc(-c3cccnc3)n1-c1ccccc1)OCO2. The molecule has 0 saturated carbocycles. The summed E-state index contributed by atoms with van der Waals surface area (Å²) in [5, 5.41) is 12.0. The Bertz CT molecular complexity index is 1360. The molecule has 170 valence electrons. The van der Waals surface area contributed by atoms with E-state index in [0.717, 1.165) is 11.3 Å². The number of thioether (sulfide) groups is 1. The van der Waals surface area contributed by atoms with Crippen molar-refractivity contribution in [3.8, 4) is 28.6 Å². The lowest BCUT2D eigenvalue weighted by molar-refractivity contribution is -0.113. The van der Waals surface area contributed by atoms with Crippen LogP contribution >= 0.6 is 11.8 Å². The number of carbonyl (C=O) groups is 2. The maximum atomic E-state index is 12.8. The highest BCUT2D eigenvalue weighted by Crippen LogP contribution is 2.37. The molecule has 0 radical (unpaired) electrons. The standard InChI is InChI=1S/C24H19N5O4S/c1-15(30)18-10-20-21(33-14-32-20)11-19(18)26-22(31)13-34-24-28-27-23(16-6-5-9-25-12-16)29(24)17-7-3-2-4-8-17/h2-12H,13-14H2,1H3,(H,26,31). The third-order valence-corrected chi connectivity index (χ3v) is 5.99. The average molecular weight is 474 g/mol. The fraction of sp³-hybridized carbons (Fsp3) is 0.125. The summed E-state index contributed by atoms with van der Waals surface area (Å²) in [5.41, 5.74) is 2.40. The van der Waals surface area contributed by atoms with Crippen molar-refractivity contribution in [2.24, 2.45) is 0 Å². The number of fused-ring (bicyclic) bond motifs is 1. The predicted molar refractivity (Wildman–Crippen MR) is 127 cm³/mol. The summed E-state index contributed by atoms with van der Waals surface area (Å²) in [6, 6.07) is 16.6. The Hall–Kier alpha value is -4.18. The molecular formula is C24H19N5O4S. The molecule has 3 heterocycles. The van der Waals surface area contributed by atoms with Crippen LogP contribution < -0.4 is 14.8 Å². The third kappa shape index (κ3) is 4.35. The number of benzene rings is 2. The summed E-state index contributed by atoms with van der Waals surface area (Å²) in [7, 11) is 0. The maximum absolute atomic E-state index is 12.8. The van der Waals surface area contributed by atoms with Crippen LogP contribution in [0, 0.1) is 0 Å². The highest BCUT2D eigenvalue weighted by molar-refractivity contribution is 7.99.